The van der Waals surface area contributed by atoms with Crippen LogP contribution in [0.5, 0.6) is 0 Å². The van der Waals surface area contributed by atoms with E-state index in [1.165, 1.54) is 33.4 Å². The number of hydrogen-bond acceptors (Lipinski definition) is 2. The number of para-hydroxylation sites is 1. The van der Waals surface area contributed by atoms with Crippen LogP contribution in [-0.2, 0) is 0 Å². The summed E-state index contributed by atoms with van der Waals surface area (Å²) in [5.74, 6) is 1.23. The summed E-state index contributed by atoms with van der Waals surface area (Å²) in [6.45, 7) is 15.6. The first kappa shape index (κ1) is 21.1. The number of hydrazone groups is 1. The maximum absolute atomic E-state index is 4.68. The minimum Gasteiger partial charge on any atom is -0.278 e. The van der Waals surface area contributed by atoms with Crippen molar-refractivity contribution in [1.29, 1.82) is 0 Å². The number of nitrogens with one attached hydrogen (secondary N) is 1. The van der Waals surface area contributed by atoms with E-state index in [4.69, 9.17) is 0 Å². The van der Waals surface area contributed by atoms with Gasteiger partial charge in [0.1, 0.15) is 0 Å². The molecule has 0 bridgehead atoms. The molecule has 1 N–H and O–H groups in total. The fraction of sp³-hybridized carbons (Fsp3) is 0.370. The van der Waals surface area contributed by atoms with Crippen LogP contribution in [0.2, 0.25) is 0 Å². The highest BCUT2D eigenvalue weighted by atomic mass is 15.3. The Morgan fingerprint density at radius 1 is 0.862 bits per heavy atom. The van der Waals surface area contributed by atoms with Crippen molar-refractivity contribution in [2.75, 3.05) is 5.43 Å². The summed E-state index contributed by atoms with van der Waals surface area (Å²) < 4.78 is 0. The van der Waals surface area contributed by atoms with Crippen molar-refractivity contribution in [2.24, 2.45) is 5.10 Å². The number of benzene rings is 2. The van der Waals surface area contributed by atoms with Gasteiger partial charge >= 0.3 is 0 Å². The molecule has 0 aliphatic heterocycles. The summed E-state index contributed by atoms with van der Waals surface area (Å²) in [7, 11) is 0. The smallest absolute Gasteiger partial charge is 0.0630 e. The van der Waals surface area contributed by atoms with Gasteiger partial charge in [-0.05, 0) is 60.4 Å². The first-order valence-electron chi connectivity index (χ1n) is 10.7. The maximum Gasteiger partial charge on any atom is 0.0630 e. The third-order valence-electron chi connectivity index (χ3n) is 6.15. The molecule has 2 aromatic carbocycles. The largest absolute Gasteiger partial charge is 0.278 e. The monoisotopic (exact) mass is 386 g/mol. The Labute approximate surface area is 176 Å². The molecule has 0 amide bonds. The standard InChI is InChI=1S/C27H34N2/c1-17(2)23-13-10-14-24(18(3)4)27(23)29-28-16-22-11-8-9-12-25(22)26-15-19(5)20(6)21(26)7/h8-18,26,29H,1-7H3. The number of rotatable bonds is 6. The van der Waals surface area contributed by atoms with Crippen molar-refractivity contribution in [3.8, 4) is 0 Å². The van der Waals surface area contributed by atoms with Crippen LogP contribution < -0.4 is 5.43 Å². The Hall–Kier alpha value is -2.61. The molecule has 2 nitrogen and oxygen atoms in total. The topological polar surface area (TPSA) is 24.4 Å². The Bertz CT molecular complexity index is 948. The fourth-order valence-corrected chi connectivity index (χ4v) is 4.13. The van der Waals surface area contributed by atoms with Crippen molar-refractivity contribution in [3.05, 3.63) is 87.5 Å². The molecule has 0 radical (unpaired) electrons. The molecule has 1 unspecified atom stereocenters. The first-order chi connectivity index (χ1) is 13.8. The minimum atomic E-state index is 0.340. The third-order valence-corrected chi connectivity index (χ3v) is 6.15. The molecular weight excluding hydrogens is 352 g/mol. The summed E-state index contributed by atoms with van der Waals surface area (Å²) in [4.78, 5) is 0. The second-order valence-electron chi connectivity index (χ2n) is 8.76. The second-order valence-corrected chi connectivity index (χ2v) is 8.76. The van der Waals surface area contributed by atoms with Crippen LogP contribution in [0.3, 0.4) is 0 Å². The number of anilines is 1. The van der Waals surface area contributed by atoms with Crippen molar-refractivity contribution in [1.82, 2.24) is 0 Å². The molecule has 0 aromatic heterocycles. The van der Waals surface area contributed by atoms with Crippen LogP contribution in [0, 0.1) is 0 Å². The molecule has 3 rings (SSSR count). The quantitative estimate of drug-likeness (QED) is 0.398. The molecule has 0 fully saturated rings. The molecule has 2 heteroatoms. The second kappa shape index (κ2) is 8.82. The molecule has 1 aliphatic carbocycles. The van der Waals surface area contributed by atoms with Crippen molar-refractivity contribution >= 4 is 11.9 Å². The van der Waals surface area contributed by atoms with E-state index >= 15 is 0 Å². The number of allylic oxidation sites excluding steroid dienone is 4. The van der Waals surface area contributed by atoms with Gasteiger partial charge in [0.15, 0.2) is 0 Å². The molecule has 29 heavy (non-hydrogen) atoms. The van der Waals surface area contributed by atoms with Crippen LogP contribution in [0.25, 0.3) is 0 Å². The third kappa shape index (κ3) is 4.37. The van der Waals surface area contributed by atoms with Crippen molar-refractivity contribution in [3.63, 3.8) is 0 Å². The van der Waals surface area contributed by atoms with Crippen LogP contribution >= 0.6 is 0 Å². The molecule has 0 saturated heterocycles. The van der Waals surface area contributed by atoms with E-state index in [1.807, 2.05) is 6.21 Å². The molecule has 0 spiro atoms. The Kier molecular flexibility index (Phi) is 6.42. The number of hydrogen-bond donors (Lipinski definition) is 1. The normalized spacial score (nSPS) is 17.0. The lowest BCUT2D eigenvalue weighted by Gasteiger charge is -2.19. The molecule has 0 heterocycles. The predicted molar refractivity (Wildman–Crippen MR) is 127 cm³/mol. The summed E-state index contributed by atoms with van der Waals surface area (Å²) >= 11 is 0. The lowest BCUT2D eigenvalue weighted by Crippen LogP contribution is -2.04. The highest BCUT2D eigenvalue weighted by molar-refractivity contribution is 5.83. The zero-order chi connectivity index (χ0) is 21.1. The lowest BCUT2D eigenvalue weighted by atomic mass is 9.90. The summed E-state index contributed by atoms with van der Waals surface area (Å²) in [5, 5.41) is 4.68. The molecule has 152 valence electrons. The van der Waals surface area contributed by atoms with Gasteiger partial charge in [0, 0.05) is 5.92 Å². The van der Waals surface area contributed by atoms with Gasteiger partial charge < -0.3 is 0 Å². The average Bonchev–Trinajstić information content (AvgIpc) is 2.95. The highest BCUT2D eigenvalue weighted by Gasteiger charge is 2.21. The summed E-state index contributed by atoms with van der Waals surface area (Å²) in [5.41, 5.74) is 13.8. The van der Waals surface area contributed by atoms with Crippen LogP contribution in [-0.4, -0.2) is 6.21 Å². The van der Waals surface area contributed by atoms with Crippen molar-refractivity contribution in [2.45, 2.75) is 66.2 Å². The Morgan fingerprint density at radius 2 is 1.48 bits per heavy atom. The fourth-order valence-electron chi connectivity index (χ4n) is 4.13. The van der Waals surface area contributed by atoms with E-state index < -0.39 is 0 Å². The van der Waals surface area contributed by atoms with E-state index in [-0.39, 0.29) is 0 Å². The number of nitrogens with zero attached hydrogens (tertiary/aromatic N) is 1. The van der Waals surface area contributed by atoms with Gasteiger partial charge in [-0.2, -0.15) is 5.10 Å². The predicted octanol–water partition coefficient (Wildman–Crippen LogP) is 7.76. The average molecular weight is 387 g/mol. The molecule has 0 saturated carbocycles. The zero-order valence-electron chi connectivity index (χ0n) is 18.9. The van der Waals surface area contributed by atoms with Crippen LogP contribution in [0.15, 0.2) is 70.4 Å². The first-order valence-corrected chi connectivity index (χ1v) is 10.7. The van der Waals surface area contributed by atoms with Gasteiger partial charge in [-0.3, -0.25) is 5.43 Å². The van der Waals surface area contributed by atoms with Gasteiger partial charge in [0.05, 0.1) is 11.9 Å². The van der Waals surface area contributed by atoms with Gasteiger partial charge in [-0.25, -0.2) is 0 Å². The highest BCUT2D eigenvalue weighted by Crippen LogP contribution is 2.38. The van der Waals surface area contributed by atoms with Crippen LogP contribution in [0.1, 0.15) is 88.5 Å². The Balaban J connectivity index is 1.92. The maximum atomic E-state index is 4.68. The summed E-state index contributed by atoms with van der Waals surface area (Å²) in [6, 6.07) is 15.1. The van der Waals surface area contributed by atoms with E-state index in [1.54, 1.807) is 0 Å². The Morgan fingerprint density at radius 3 is 2.03 bits per heavy atom. The lowest BCUT2D eigenvalue weighted by molar-refractivity contribution is 0.835. The molecular formula is C27H34N2. The SMILES string of the molecule is CC1=CC(c2ccccc2C=NNc2c(C(C)C)cccc2C(C)C)C(C)=C1C. The molecule has 1 aliphatic rings. The van der Waals surface area contributed by atoms with E-state index in [0.29, 0.717) is 17.8 Å². The van der Waals surface area contributed by atoms with Crippen molar-refractivity contribution < 1.29 is 0 Å². The minimum absolute atomic E-state index is 0.340. The van der Waals surface area contributed by atoms with E-state index in [0.717, 1.165) is 11.3 Å². The van der Waals surface area contributed by atoms with Gasteiger partial charge in [-0.1, -0.05) is 87.4 Å². The molecule has 2 aromatic rings. The van der Waals surface area contributed by atoms with E-state index in [2.05, 4.69) is 108 Å². The van der Waals surface area contributed by atoms with Gasteiger partial charge in [0.2, 0.25) is 0 Å². The molecule has 1 atom stereocenters. The van der Waals surface area contributed by atoms with Gasteiger partial charge in [-0.15, -0.1) is 0 Å². The zero-order valence-corrected chi connectivity index (χ0v) is 18.9. The summed E-state index contributed by atoms with van der Waals surface area (Å²) in [6.07, 6.45) is 4.34. The van der Waals surface area contributed by atoms with Crippen LogP contribution in [0.4, 0.5) is 5.69 Å². The van der Waals surface area contributed by atoms with Gasteiger partial charge in [0.25, 0.3) is 0 Å². The van der Waals surface area contributed by atoms with E-state index in [9.17, 15) is 0 Å².